The van der Waals surface area contributed by atoms with Crippen LogP contribution in [0.25, 0.3) is 0 Å². The van der Waals surface area contributed by atoms with Crippen LogP contribution in [0.5, 0.6) is 5.75 Å². The summed E-state index contributed by atoms with van der Waals surface area (Å²) in [5.74, 6) is 1.00. The molecule has 1 aromatic carbocycles. The SMILES string of the molecule is CCCCC(CN)N1CCCOc2ccccc21. The second-order valence-corrected chi connectivity index (χ2v) is 4.89. The van der Waals surface area contributed by atoms with Gasteiger partial charge in [-0.3, -0.25) is 0 Å². The highest BCUT2D eigenvalue weighted by Gasteiger charge is 2.22. The van der Waals surface area contributed by atoms with Crippen molar-refractivity contribution in [2.24, 2.45) is 5.73 Å². The number of ether oxygens (including phenoxy) is 1. The summed E-state index contributed by atoms with van der Waals surface area (Å²) in [7, 11) is 0. The number of unbranched alkanes of at least 4 members (excludes halogenated alkanes) is 1. The van der Waals surface area contributed by atoms with E-state index in [2.05, 4.69) is 30.0 Å². The van der Waals surface area contributed by atoms with E-state index in [-0.39, 0.29) is 0 Å². The fourth-order valence-corrected chi connectivity index (χ4v) is 2.57. The van der Waals surface area contributed by atoms with Crippen molar-refractivity contribution in [3.63, 3.8) is 0 Å². The molecular formula is C15H24N2O. The monoisotopic (exact) mass is 248 g/mol. The summed E-state index contributed by atoms with van der Waals surface area (Å²) in [6, 6.07) is 8.75. The largest absolute Gasteiger partial charge is 0.491 e. The van der Waals surface area contributed by atoms with Gasteiger partial charge in [0.25, 0.3) is 0 Å². The van der Waals surface area contributed by atoms with Gasteiger partial charge in [0, 0.05) is 19.1 Å². The molecule has 1 aliphatic rings. The van der Waals surface area contributed by atoms with Crippen LogP contribution in [0.3, 0.4) is 0 Å². The lowest BCUT2D eigenvalue weighted by molar-refractivity contribution is 0.322. The topological polar surface area (TPSA) is 38.5 Å². The van der Waals surface area contributed by atoms with Crippen LogP contribution in [0.1, 0.15) is 32.6 Å². The highest BCUT2D eigenvalue weighted by atomic mass is 16.5. The summed E-state index contributed by atoms with van der Waals surface area (Å²) in [5, 5.41) is 0. The zero-order valence-electron chi connectivity index (χ0n) is 11.3. The highest BCUT2D eigenvalue weighted by Crippen LogP contribution is 2.32. The average molecular weight is 248 g/mol. The lowest BCUT2D eigenvalue weighted by atomic mass is 10.1. The van der Waals surface area contributed by atoms with E-state index >= 15 is 0 Å². The van der Waals surface area contributed by atoms with Crippen LogP contribution in [-0.2, 0) is 0 Å². The third-order valence-electron chi connectivity index (χ3n) is 3.58. The van der Waals surface area contributed by atoms with E-state index < -0.39 is 0 Å². The van der Waals surface area contributed by atoms with Crippen molar-refractivity contribution < 1.29 is 4.74 Å². The Hall–Kier alpha value is -1.22. The Kier molecular flexibility index (Phi) is 4.88. The minimum Gasteiger partial charge on any atom is -0.491 e. The Bertz CT molecular complexity index is 367. The van der Waals surface area contributed by atoms with Crippen LogP contribution in [0.4, 0.5) is 5.69 Å². The molecule has 0 spiro atoms. The van der Waals surface area contributed by atoms with Crippen LogP contribution in [-0.4, -0.2) is 25.7 Å². The van der Waals surface area contributed by atoms with Crippen LogP contribution in [0.2, 0.25) is 0 Å². The van der Waals surface area contributed by atoms with Crippen LogP contribution in [0.15, 0.2) is 24.3 Å². The molecule has 2 rings (SSSR count). The van der Waals surface area contributed by atoms with E-state index in [1.807, 2.05) is 6.07 Å². The third-order valence-corrected chi connectivity index (χ3v) is 3.58. The molecule has 2 N–H and O–H groups in total. The summed E-state index contributed by atoms with van der Waals surface area (Å²) < 4.78 is 5.80. The van der Waals surface area contributed by atoms with Gasteiger partial charge >= 0.3 is 0 Å². The van der Waals surface area contributed by atoms with E-state index in [1.54, 1.807) is 0 Å². The molecule has 0 saturated carbocycles. The fraction of sp³-hybridized carbons (Fsp3) is 0.600. The van der Waals surface area contributed by atoms with Gasteiger partial charge in [-0.15, -0.1) is 0 Å². The molecule has 18 heavy (non-hydrogen) atoms. The molecular weight excluding hydrogens is 224 g/mol. The number of fused-ring (bicyclic) bond motifs is 1. The molecule has 100 valence electrons. The minimum atomic E-state index is 0.438. The summed E-state index contributed by atoms with van der Waals surface area (Å²) in [6.07, 6.45) is 4.70. The maximum atomic E-state index is 5.97. The molecule has 1 aromatic rings. The number of nitrogens with two attached hydrogens (primary N) is 1. The van der Waals surface area contributed by atoms with E-state index in [0.717, 1.165) is 25.3 Å². The van der Waals surface area contributed by atoms with Gasteiger partial charge in [-0.05, 0) is 25.0 Å². The van der Waals surface area contributed by atoms with Gasteiger partial charge in [0.15, 0.2) is 0 Å². The second-order valence-electron chi connectivity index (χ2n) is 4.89. The highest BCUT2D eigenvalue weighted by molar-refractivity contribution is 5.59. The summed E-state index contributed by atoms with van der Waals surface area (Å²) in [4.78, 5) is 2.44. The molecule has 0 saturated heterocycles. The first kappa shape index (κ1) is 13.2. The van der Waals surface area contributed by atoms with E-state index in [0.29, 0.717) is 12.6 Å². The number of rotatable bonds is 5. The minimum absolute atomic E-state index is 0.438. The summed E-state index contributed by atoms with van der Waals surface area (Å²) >= 11 is 0. The maximum absolute atomic E-state index is 5.97. The van der Waals surface area contributed by atoms with E-state index in [9.17, 15) is 0 Å². The summed E-state index contributed by atoms with van der Waals surface area (Å²) in [5.41, 5.74) is 7.18. The molecule has 0 fully saturated rings. The van der Waals surface area contributed by atoms with Crippen LogP contribution in [0, 0.1) is 0 Å². The molecule has 1 atom stereocenters. The molecule has 0 amide bonds. The van der Waals surface area contributed by atoms with Gasteiger partial charge in [-0.25, -0.2) is 0 Å². The van der Waals surface area contributed by atoms with Crippen molar-refractivity contribution in [2.45, 2.75) is 38.6 Å². The molecule has 0 bridgehead atoms. The average Bonchev–Trinajstić information content (AvgIpc) is 2.63. The Morgan fingerprint density at radius 2 is 2.22 bits per heavy atom. The third kappa shape index (κ3) is 2.96. The van der Waals surface area contributed by atoms with Crippen molar-refractivity contribution in [1.82, 2.24) is 0 Å². The first-order valence-electron chi connectivity index (χ1n) is 7.05. The molecule has 0 aromatic heterocycles. The molecule has 1 unspecified atom stereocenters. The van der Waals surface area contributed by atoms with Gasteiger partial charge in [0.05, 0.1) is 12.3 Å². The van der Waals surface area contributed by atoms with Crippen LogP contribution < -0.4 is 15.4 Å². The quantitative estimate of drug-likeness (QED) is 0.871. The smallest absolute Gasteiger partial charge is 0.142 e. The number of nitrogens with zero attached hydrogens (tertiary/aromatic N) is 1. The van der Waals surface area contributed by atoms with Gasteiger partial charge in [-0.1, -0.05) is 31.9 Å². The number of hydrogen-bond acceptors (Lipinski definition) is 3. The maximum Gasteiger partial charge on any atom is 0.142 e. The van der Waals surface area contributed by atoms with Crippen LogP contribution >= 0.6 is 0 Å². The lowest BCUT2D eigenvalue weighted by Gasteiger charge is -2.32. The van der Waals surface area contributed by atoms with Crippen molar-refractivity contribution in [3.05, 3.63) is 24.3 Å². The fourth-order valence-electron chi connectivity index (χ4n) is 2.57. The first-order valence-corrected chi connectivity index (χ1v) is 7.05. The van der Waals surface area contributed by atoms with Gasteiger partial charge in [-0.2, -0.15) is 0 Å². The first-order chi connectivity index (χ1) is 8.86. The zero-order chi connectivity index (χ0) is 12.8. The number of para-hydroxylation sites is 2. The normalized spacial score (nSPS) is 16.7. The predicted octanol–water partition coefficient (Wildman–Crippen LogP) is 2.79. The molecule has 0 radical (unpaired) electrons. The summed E-state index contributed by atoms with van der Waals surface area (Å²) in [6.45, 7) is 4.79. The molecule has 0 aliphatic carbocycles. The predicted molar refractivity (Wildman–Crippen MR) is 76.3 cm³/mol. The van der Waals surface area contributed by atoms with Crippen molar-refractivity contribution in [3.8, 4) is 5.75 Å². The lowest BCUT2D eigenvalue weighted by Crippen LogP contribution is -2.41. The number of anilines is 1. The standard InChI is InChI=1S/C15H24N2O/c1-2-3-7-13(12-16)17-10-6-11-18-15-9-5-4-8-14(15)17/h4-5,8-9,13H,2-3,6-7,10-12,16H2,1H3. The second kappa shape index (κ2) is 6.64. The Morgan fingerprint density at radius 3 is 3.00 bits per heavy atom. The van der Waals surface area contributed by atoms with Crippen molar-refractivity contribution in [2.75, 3.05) is 24.6 Å². The van der Waals surface area contributed by atoms with E-state index in [1.165, 1.54) is 24.9 Å². The van der Waals surface area contributed by atoms with E-state index in [4.69, 9.17) is 10.5 Å². The Balaban J connectivity index is 2.20. The number of benzene rings is 1. The van der Waals surface area contributed by atoms with Gasteiger partial charge < -0.3 is 15.4 Å². The Morgan fingerprint density at radius 1 is 1.39 bits per heavy atom. The zero-order valence-corrected chi connectivity index (χ0v) is 11.3. The van der Waals surface area contributed by atoms with Gasteiger partial charge in [0.2, 0.25) is 0 Å². The van der Waals surface area contributed by atoms with Crippen molar-refractivity contribution >= 4 is 5.69 Å². The van der Waals surface area contributed by atoms with Gasteiger partial charge in [0.1, 0.15) is 5.75 Å². The van der Waals surface area contributed by atoms with Crippen molar-refractivity contribution in [1.29, 1.82) is 0 Å². The molecule has 3 nitrogen and oxygen atoms in total. The molecule has 1 aliphatic heterocycles. The molecule has 1 heterocycles. The number of hydrogen-bond donors (Lipinski definition) is 1. The Labute approximate surface area is 110 Å². The molecule has 3 heteroatoms.